The summed E-state index contributed by atoms with van der Waals surface area (Å²) in [6.45, 7) is 2.63. The van der Waals surface area contributed by atoms with Gasteiger partial charge in [0.2, 0.25) is 5.01 Å². The number of para-hydroxylation sites is 1. The van der Waals surface area contributed by atoms with Gasteiger partial charge in [-0.1, -0.05) is 41.2 Å². The van der Waals surface area contributed by atoms with Gasteiger partial charge >= 0.3 is 12.2 Å². The predicted octanol–water partition coefficient (Wildman–Crippen LogP) is 5.53. The monoisotopic (exact) mass is 489 g/mol. The molecule has 11 heteroatoms. The summed E-state index contributed by atoms with van der Waals surface area (Å²) < 4.78 is 39.7. The van der Waals surface area contributed by atoms with E-state index < -0.39 is 17.8 Å². The number of hydrogen-bond acceptors (Lipinski definition) is 5. The van der Waals surface area contributed by atoms with Gasteiger partial charge in [-0.2, -0.15) is 13.2 Å². The van der Waals surface area contributed by atoms with Gasteiger partial charge < -0.3 is 15.5 Å². The van der Waals surface area contributed by atoms with Gasteiger partial charge in [0.1, 0.15) is 5.01 Å². The number of nitrogens with one attached hydrogen (secondary N) is 2. The lowest BCUT2D eigenvalue weighted by atomic mass is 9.99. The maximum atomic E-state index is 13.2. The minimum Gasteiger partial charge on any atom is -0.324 e. The van der Waals surface area contributed by atoms with E-state index >= 15 is 0 Å². The first-order valence-corrected chi connectivity index (χ1v) is 11.5. The second-order valence-corrected chi connectivity index (χ2v) is 9.03. The molecule has 34 heavy (non-hydrogen) atoms. The van der Waals surface area contributed by atoms with E-state index in [4.69, 9.17) is 0 Å². The molecule has 1 fully saturated rings. The van der Waals surface area contributed by atoms with Gasteiger partial charge in [0.15, 0.2) is 0 Å². The van der Waals surface area contributed by atoms with E-state index in [1.165, 1.54) is 23.1 Å². The van der Waals surface area contributed by atoms with Crippen molar-refractivity contribution in [2.45, 2.75) is 31.9 Å². The maximum Gasteiger partial charge on any atom is 0.418 e. The second-order valence-electron chi connectivity index (χ2n) is 8.02. The summed E-state index contributed by atoms with van der Waals surface area (Å²) in [4.78, 5) is 26.7. The largest absolute Gasteiger partial charge is 0.418 e. The number of urea groups is 1. The fourth-order valence-electron chi connectivity index (χ4n) is 3.71. The minimum atomic E-state index is -4.57. The number of carbonyl (C=O) groups is 2. The molecule has 3 amide bonds. The van der Waals surface area contributed by atoms with Crippen LogP contribution in [0.15, 0.2) is 48.5 Å². The van der Waals surface area contributed by atoms with Crippen LogP contribution in [0.5, 0.6) is 0 Å². The first-order chi connectivity index (χ1) is 16.2. The lowest BCUT2D eigenvalue weighted by Gasteiger charge is -2.31. The minimum absolute atomic E-state index is 0.157. The number of aromatic nitrogens is 2. The second kappa shape index (κ2) is 9.80. The van der Waals surface area contributed by atoms with Crippen molar-refractivity contribution in [3.05, 3.63) is 69.7 Å². The normalized spacial score (nSPS) is 16.2. The molecule has 1 aliphatic rings. The summed E-state index contributed by atoms with van der Waals surface area (Å²) in [5, 5.41) is 14.1. The molecular weight excluding hydrogens is 467 g/mol. The molecule has 4 rings (SSSR count). The third kappa shape index (κ3) is 5.53. The molecule has 0 saturated carbocycles. The zero-order valence-electron chi connectivity index (χ0n) is 18.2. The Morgan fingerprint density at radius 2 is 1.79 bits per heavy atom. The van der Waals surface area contributed by atoms with Crippen molar-refractivity contribution < 1.29 is 22.8 Å². The molecule has 1 atom stereocenters. The predicted molar refractivity (Wildman–Crippen MR) is 123 cm³/mol. The standard InChI is InChI=1S/C23H22F3N5O2S/c1-14-8-10-16(11-9-14)27-19(32)21-30-29-20(34-21)15-5-4-12-31(13-15)22(33)28-18-7-3-2-6-17(18)23(24,25)26/h2-3,6-11,15H,4-5,12-13H2,1H3,(H,27,32)(H,28,33). The van der Waals surface area contributed by atoms with Gasteiger partial charge in [0, 0.05) is 24.7 Å². The fraction of sp³-hybridized carbons (Fsp3) is 0.304. The molecule has 1 aliphatic heterocycles. The summed E-state index contributed by atoms with van der Waals surface area (Å²) in [6.07, 6.45) is -3.18. The number of rotatable bonds is 4. The van der Waals surface area contributed by atoms with Crippen LogP contribution in [-0.2, 0) is 6.18 Å². The molecule has 2 heterocycles. The van der Waals surface area contributed by atoms with E-state index in [0.29, 0.717) is 23.7 Å². The number of hydrogen-bond donors (Lipinski definition) is 2. The molecule has 0 aliphatic carbocycles. The summed E-state index contributed by atoms with van der Waals surface area (Å²) in [6, 6.07) is 11.6. The van der Waals surface area contributed by atoms with Crippen molar-refractivity contribution in [2.75, 3.05) is 23.7 Å². The average Bonchev–Trinajstić information content (AvgIpc) is 3.31. The van der Waals surface area contributed by atoms with Gasteiger partial charge in [-0.3, -0.25) is 4.79 Å². The van der Waals surface area contributed by atoms with Crippen molar-refractivity contribution in [3.63, 3.8) is 0 Å². The highest BCUT2D eigenvalue weighted by molar-refractivity contribution is 7.13. The molecule has 7 nitrogen and oxygen atoms in total. The highest BCUT2D eigenvalue weighted by atomic mass is 32.1. The first-order valence-electron chi connectivity index (χ1n) is 10.6. The number of anilines is 2. The number of likely N-dealkylation sites (tertiary alicyclic amines) is 1. The Balaban J connectivity index is 1.41. The van der Waals surface area contributed by atoms with Crippen molar-refractivity contribution in [1.82, 2.24) is 15.1 Å². The van der Waals surface area contributed by atoms with Crippen LogP contribution in [0.1, 0.15) is 44.7 Å². The van der Waals surface area contributed by atoms with Crippen LogP contribution in [0, 0.1) is 6.92 Å². The van der Waals surface area contributed by atoms with Gasteiger partial charge in [-0.05, 0) is 44.0 Å². The van der Waals surface area contributed by atoms with Crippen LogP contribution < -0.4 is 10.6 Å². The first kappa shape index (κ1) is 23.7. The number of amides is 3. The molecule has 3 aromatic rings. The van der Waals surface area contributed by atoms with Crippen LogP contribution in [0.2, 0.25) is 0 Å². The van der Waals surface area contributed by atoms with Crippen LogP contribution in [0.25, 0.3) is 0 Å². The lowest BCUT2D eigenvalue weighted by Crippen LogP contribution is -2.41. The van der Waals surface area contributed by atoms with Gasteiger partial charge in [-0.25, -0.2) is 4.79 Å². The quantitative estimate of drug-likeness (QED) is 0.505. The third-order valence-corrected chi connectivity index (χ3v) is 6.56. The Labute approximate surface area is 198 Å². The fourth-order valence-corrected chi connectivity index (χ4v) is 4.57. The maximum absolute atomic E-state index is 13.2. The van der Waals surface area contributed by atoms with Gasteiger partial charge in [-0.15, -0.1) is 10.2 Å². The number of alkyl halides is 3. The number of carbonyl (C=O) groups excluding carboxylic acids is 2. The Morgan fingerprint density at radius 1 is 1.06 bits per heavy atom. The van der Waals surface area contributed by atoms with E-state index in [1.54, 1.807) is 12.1 Å². The molecule has 1 aromatic heterocycles. The van der Waals surface area contributed by atoms with Crippen molar-refractivity contribution in [2.24, 2.45) is 0 Å². The van der Waals surface area contributed by atoms with Crippen molar-refractivity contribution >= 4 is 34.6 Å². The molecule has 0 radical (unpaired) electrons. The Morgan fingerprint density at radius 3 is 2.53 bits per heavy atom. The van der Waals surface area contributed by atoms with Crippen LogP contribution in [0.4, 0.5) is 29.3 Å². The molecule has 1 saturated heterocycles. The summed E-state index contributed by atoms with van der Waals surface area (Å²) >= 11 is 1.15. The van der Waals surface area contributed by atoms with E-state index in [0.717, 1.165) is 29.4 Å². The molecule has 1 unspecified atom stereocenters. The van der Waals surface area contributed by atoms with Gasteiger partial charge in [0.25, 0.3) is 5.91 Å². The van der Waals surface area contributed by atoms with Crippen LogP contribution in [-0.4, -0.2) is 40.1 Å². The number of nitrogens with zero attached hydrogens (tertiary/aromatic N) is 3. The average molecular weight is 490 g/mol. The molecule has 2 N–H and O–H groups in total. The lowest BCUT2D eigenvalue weighted by molar-refractivity contribution is -0.136. The number of halogens is 3. The van der Waals surface area contributed by atoms with Gasteiger partial charge in [0.05, 0.1) is 11.3 Å². The summed E-state index contributed by atoms with van der Waals surface area (Å²) in [7, 11) is 0. The summed E-state index contributed by atoms with van der Waals surface area (Å²) in [5.41, 5.74) is 0.536. The molecule has 0 spiro atoms. The zero-order chi connectivity index (χ0) is 24.3. The van der Waals surface area contributed by atoms with Crippen molar-refractivity contribution in [3.8, 4) is 0 Å². The topological polar surface area (TPSA) is 87.2 Å². The molecular formula is C23H22F3N5O2S. The van der Waals surface area contributed by atoms with E-state index in [2.05, 4.69) is 20.8 Å². The number of aryl methyl sites for hydroxylation is 1. The smallest absolute Gasteiger partial charge is 0.324 e. The highest BCUT2D eigenvalue weighted by Crippen LogP contribution is 2.35. The summed E-state index contributed by atoms with van der Waals surface area (Å²) in [5.74, 6) is -0.530. The number of benzene rings is 2. The number of piperidine rings is 1. The Kier molecular flexibility index (Phi) is 6.82. The van der Waals surface area contributed by atoms with Crippen LogP contribution >= 0.6 is 11.3 Å². The zero-order valence-corrected chi connectivity index (χ0v) is 19.0. The van der Waals surface area contributed by atoms with E-state index in [1.807, 2.05) is 19.1 Å². The van der Waals surface area contributed by atoms with Crippen LogP contribution in [0.3, 0.4) is 0 Å². The SMILES string of the molecule is Cc1ccc(NC(=O)c2nnc(C3CCCN(C(=O)Nc4ccccc4C(F)(F)F)C3)s2)cc1. The molecule has 0 bridgehead atoms. The molecule has 178 valence electrons. The van der Waals surface area contributed by atoms with E-state index in [-0.39, 0.29) is 29.1 Å². The Hall–Kier alpha value is -3.47. The Bertz CT molecular complexity index is 1180. The highest BCUT2D eigenvalue weighted by Gasteiger charge is 2.34. The molecule has 2 aromatic carbocycles. The van der Waals surface area contributed by atoms with Crippen molar-refractivity contribution in [1.29, 1.82) is 0 Å². The third-order valence-electron chi connectivity index (χ3n) is 5.48. The van der Waals surface area contributed by atoms with E-state index in [9.17, 15) is 22.8 Å².